The Kier molecular flexibility index (Phi) is 63.5. The van der Waals surface area contributed by atoms with Gasteiger partial charge in [0.05, 0.1) is 27.7 Å². The van der Waals surface area contributed by atoms with Crippen LogP contribution in [0, 0.1) is 0 Å². The molecule has 0 radical (unpaired) electrons. The summed E-state index contributed by atoms with van der Waals surface area (Å²) >= 11 is 0. The van der Waals surface area contributed by atoms with Crippen molar-refractivity contribution < 1.29 is 42.1 Å². The van der Waals surface area contributed by atoms with E-state index < -0.39 is 26.5 Å². The minimum atomic E-state index is -4.40. The van der Waals surface area contributed by atoms with E-state index in [1.54, 1.807) is 0 Å². The smallest absolute Gasteiger partial charge is 0.462 e. The Bertz CT molecular complexity index is 1820. The fraction of sp³-hybridized carbons (Fsp3) is 0.737. The lowest BCUT2D eigenvalue weighted by molar-refractivity contribution is -0.870. The molecule has 0 spiro atoms. The van der Waals surface area contributed by atoms with Crippen LogP contribution in [-0.4, -0.2) is 74.9 Å². The molecule has 86 heavy (non-hydrogen) atoms. The third-order valence-electron chi connectivity index (χ3n) is 15.3. The highest BCUT2D eigenvalue weighted by Gasteiger charge is 2.27. The maximum absolute atomic E-state index is 12.9. The molecule has 0 heterocycles. The fourth-order valence-electron chi connectivity index (χ4n) is 9.85. The van der Waals surface area contributed by atoms with Gasteiger partial charge in [-0.1, -0.05) is 303 Å². The quantitative estimate of drug-likeness (QED) is 0.0211. The Morgan fingerprint density at radius 2 is 0.663 bits per heavy atom. The number of phosphoric acid groups is 1. The molecule has 9 nitrogen and oxygen atoms in total. The number of nitrogens with zero attached hydrogens (tertiary/aromatic N) is 1. The molecular formula is C76H135NO8P+. The molecule has 10 heteroatoms. The summed E-state index contributed by atoms with van der Waals surface area (Å²) in [5, 5.41) is 0. The lowest BCUT2D eigenvalue weighted by atomic mass is 10.0. The zero-order valence-corrected chi connectivity index (χ0v) is 57.4. The van der Waals surface area contributed by atoms with Crippen LogP contribution in [0.4, 0.5) is 0 Å². The number of likely N-dealkylation sites (N-methyl/N-ethyl adjacent to an activating group) is 1. The Labute approximate surface area is 531 Å². The second-order valence-electron chi connectivity index (χ2n) is 24.9. The Morgan fingerprint density at radius 1 is 0.372 bits per heavy atom. The van der Waals surface area contributed by atoms with Crippen molar-refractivity contribution in [2.24, 2.45) is 0 Å². The van der Waals surface area contributed by atoms with Crippen LogP contribution < -0.4 is 0 Å². The number of ether oxygens (including phenoxy) is 2. The summed E-state index contributed by atoms with van der Waals surface area (Å²) in [5.74, 6) is -0.792. The van der Waals surface area contributed by atoms with Crippen LogP contribution in [0.5, 0.6) is 0 Å². The third-order valence-corrected chi connectivity index (χ3v) is 16.3. The topological polar surface area (TPSA) is 108 Å². The minimum absolute atomic E-state index is 0.0289. The summed E-state index contributed by atoms with van der Waals surface area (Å²) in [6.07, 6.45) is 93.3. The van der Waals surface area contributed by atoms with Crippen LogP contribution >= 0.6 is 7.82 Å². The number of hydrogen-bond acceptors (Lipinski definition) is 7. The number of hydrogen-bond donors (Lipinski definition) is 1. The molecule has 0 aromatic heterocycles. The van der Waals surface area contributed by atoms with E-state index in [9.17, 15) is 19.0 Å². The van der Waals surface area contributed by atoms with Gasteiger partial charge in [-0.3, -0.25) is 18.6 Å². The number of esters is 2. The summed E-state index contributed by atoms with van der Waals surface area (Å²) in [4.78, 5) is 35.9. The third kappa shape index (κ3) is 69.8. The molecule has 0 aromatic rings. The molecule has 0 rings (SSSR count). The first kappa shape index (κ1) is 82.7. The van der Waals surface area contributed by atoms with Crippen molar-refractivity contribution >= 4 is 19.8 Å². The van der Waals surface area contributed by atoms with Crippen molar-refractivity contribution in [1.29, 1.82) is 0 Å². The molecule has 2 unspecified atom stereocenters. The zero-order chi connectivity index (χ0) is 62.6. The standard InChI is InChI=1S/C76H134NO8P/c1-6-8-10-12-14-16-18-20-22-24-26-28-30-32-33-34-35-36-37-38-39-40-41-42-43-45-47-49-51-53-55-57-59-61-63-65-67-69-76(79)85-74(73-84-86(80,81)83-71-70-77(3,4)5)72-82-75(78)68-66-64-62-60-58-56-54-52-50-48-46-44-31-29-27-25-23-21-19-17-15-13-11-9-7-2/h8,10,14,16,19-22,25-28,32-33,35-36,38-39,74H,6-7,9,11-13,15,17-18,23-24,29-31,34,37,40-73H2,1-5H3/p+1/b10-8-,16-14-,21-19-,22-20-,27-25-,28-26-,33-32-,36-35-,39-38-. The first-order valence-electron chi connectivity index (χ1n) is 35.6. The van der Waals surface area contributed by atoms with Crippen molar-refractivity contribution in [2.45, 2.75) is 315 Å². The maximum Gasteiger partial charge on any atom is 0.472 e. The predicted molar refractivity (Wildman–Crippen MR) is 371 cm³/mol. The predicted octanol–water partition coefficient (Wildman–Crippen LogP) is 23.3. The van der Waals surface area contributed by atoms with Gasteiger partial charge in [0, 0.05) is 12.8 Å². The molecule has 0 saturated carbocycles. The van der Waals surface area contributed by atoms with Crippen molar-refractivity contribution in [3.63, 3.8) is 0 Å². The van der Waals surface area contributed by atoms with E-state index in [1.165, 1.54) is 186 Å². The lowest BCUT2D eigenvalue weighted by Gasteiger charge is -2.24. The van der Waals surface area contributed by atoms with Crippen LogP contribution in [0.3, 0.4) is 0 Å². The van der Waals surface area contributed by atoms with Gasteiger partial charge in [0.1, 0.15) is 19.8 Å². The van der Waals surface area contributed by atoms with Crippen molar-refractivity contribution in [1.82, 2.24) is 0 Å². The summed E-state index contributed by atoms with van der Waals surface area (Å²) < 4.78 is 34.7. The largest absolute Gasteiger partial charge is 0.472 e. The van der Waals surface area contributed by atoms with Gasteiger partial charge in [0.15, 0.2) is 6.10 Å². The molecule has 0 aliphatic carbocycles. The van der Waals surface area contributed by atoms with Crippen molar-refractivity contribution in [3.05, 3.63) is 109 Å². The number of allylic oxidation sites excluding steroid dienone is 18. The molecule has 0 aliphatic heterocycles. The highest BCUT2D eigenvalue weighted by atomic mass is 31.2. The van der Waals surface area contributed by atoms with E-state index in [-0.39, 0.29) is 32.0 Å². The summed E-state index contributed by atoms with van der Waals surface area (Å²) in [5.41, 5.74) is 0. The average molecular weight is 1220 g/mol. The number of unbranched alkanes of at least 4 members (excludes halogenated alkanes) is 33. The minimum Gasteiger partial charge on any atom is -0.462 e. The number of quaternary nitrogens is 1. The van der Waals surface area contributed by atoms with Crippen molar-refractivity contribution in [3.8, 4) is 0 Å². The first-order chi connectivity index (χ1) is 42.0. The van der Waals surface area contributed by atoms with Crippen LogP contribution in [-0.2, 0) is 32.7 Å². The highest BCUT2D eigenvalue weighted by molar-refractivity contribution is 7.47. The van der Waals surface area contributed by atoms with E-state index in [0.29, 0.717) is 17.4 Å². The van der Waals surface area contributed by atoms with Gasteiger partial charge in [0.25, 0.3) is 0 Å². The van der Waals surface area contributed by atoms with Gasteiger partial charge in [-0.15, -0.1) is 0 Å². The van der Waals surface area contributed by atoms with Gasteiger partial charge >= 0.3 is 19.8 Å². The van der Waals surface area contributed by atoms with Gasteiger partial charge in [-0.2, -0.15) is 0 Å². The second-order valence-corrected chi connectivity index (χ2v) is 26.3. The second kappa shape index (κ2) is 66.1. The molecule has 2 atom stereocenters. The van der Waals surface area contributed by atoms with E-state index in [2.05, 4.69) is 123 Å². The molecule has 0 aromatic carbocycles. The van der Waals surface area contributed by atoms with E-state index in [1.807, 2.05) is 21.1 Å². The van der Waals surface area contributed by atoms with Gasteiger partial charge < -0.3 is 18.9 Å². The molecule has 0 amide bonds. The van der Waals surface area contributed by atoms with Crippen LogP contribution in [0.15, 0.2) is 109 Å². The summed E-state index contributed by atoms with van der Waals surface area (Å²) in [7, 11) is 1.48. The monoisotopic (exact) mass is 1220 g/mol. The van der Waals surface area contributed by atoms with Crippen LogP contribution in [0.2, 0.25) is 0 Å². The molecule has 0 saturated heterocycles. The maximum atomic E-state index is 12.9. The Balaban J connectivity index is 4.04. The molecule has 1 N–H and O–H groups in total. The number of phosphoric ester groups is 1. The fourth-order valence-corrected chi connectivity index (χ4v) is 10.6. The van der Waals surface area contributed by atoms with Gasteiger partial charge in [-0.05, 0) is 103 Å². The number of carbonyl (C=O) groups is 2. The lowest BCUT2D eigenvalue weighted by Crippen LogP contribution is -2.37. The van der Waals surface area contributed by atoms with Crippen molar-refractivity contribution in [2.75, 3.05) is 47.5 Å². The van der Waals surface area contributed by atoms with Gasteiger partial charge in [0.2, 0.25) is 0 Å². The number of carbonyl (C=O) groups excluding carboxylic acids is 2. The first-order valence-corrected chi connectivity index (χ1v) is 37.1. The van der Waals surface area contributed by atoms with E-state index in [4.69, 9.17) is 18.5 Å². The molecule has 0 fully saturated rings. The van der Waals surface area contributed by atoms with E-state index >= 15 is 0 Å². The average Bonchev–Trinajstić information content (AvgIpc) is 3.67. The highest BCUT2D eigenvalue weighted by Crippen LogP contribution is 2.43. The summed E-state index contributed by atoms with van der Waals surface area (Å²) in [6, 6.07) is 0. The summed E-state index contributed by atoms with van der Waals surface area (Å²) in [6.45, 7) is 4.34. The SMILES string of the molecule is CC/C=C\C/C=C\C/C=C\C/C=C\C/C=C\C/C=C\C/C=C\CCCCCCCCCCCCCCCCCC(=O)OC(COC(=O)CCCCCCCCCCCCCCC/C=C\C/C=C\CCCCCCC)COP(=O)(O)OCC[N+](C)(C)C. The number of rotatable bonds is 65. The Hall–Kier alpha value is -3.33. The normalized spacial score (nSPS) is 13.8. The molecule has 496 valence electrons. The Morgan fingerprint density at radius 3 is 0.988 bits per heavy atom. The molecule has 0 bridgehead atoms. The zero-order valence-electron chi connectivity index (χ0n) is 56.5. The van der Waals surface area contributed by atoms with Crippen LogP contribution in [0.25, 0.3) is 0 Å². The molecule has 0 aliphatic rings. The van der Waals surface area contributed by atoms with Gasteiger partial charge in [-0.25, -0.2) is 4.57 Å². The van der Waals surface area contributed by atoms with Crippen LogP contribution in [0.1, 0.15) is 309 Å². The molecular weight excluding hydrogens is 1090 g/mol. The van der Waals surface area contributed by atoms with E-state index in [0.717, 1.165) is 89.9 Å².